The van der Waals surface area contributed by atoms with Crippen LogP contribution in [0, 0.1) is 0 Å². The van der Waals surface area contributed by atoms with Crippen molar-refractivity contribution in [2.24, 2.45) is 0 Å². The molecule has 0 saturated carbocycles. The van der Waals surface area contributed by atoms with Crippen LogP contribution in [0.3, 0.4) is 0 Å². The predicted molar refractivity (Wildman–Crippen MR) is 106 cm³/mol. The lowest BCUT2D eigenvalue weighted by atomic mass is 10.2. The van der Waals surface area contributed by atoms with E-state index in [1.165, 1.54) is 11.8 Å². The second-order valence-electron chi connectivity index (χ2n) is 6.05. The Labute approximate surface area is 171 Å². The van der Waals surface area contributed by atoms with E-state index in [2.05, 4.69) is 15.5 Å². The molecule has 1 amide bonds. The van der Waals surface area contributed by atoms with Gasteiger partial charge in [0.2, 0.25) is 5.91 Å². The van der Waals surface area contributed by atoms with Crippen molar-refractivity contribution in [3.8, 4) is 17.2 Å². The molecule has 1 atom stereocenters. The third-order valence-electron chi connectivity index (χ3n) is 4.03. The van der Waals surface area contributed by atoms with Crippen molar-refractivity contribution in [1.29, 1.82) is 0 Å². The molecule has 2 aromatic carbocycles. The Morgan fingerprint density at radius 1 is 1.25 bits per heavy atom. The van der Waals surface area contributed by atoms with Gasteiger partial charge in [-0.2, -0.15) is 0 Å². The second kappa shape index (κ2) is 8.53. The van der Waals surface area contributed by atoms with Gasteiger partial charge in [-0.05, 0) is 30.3 Å². The molecule has 28 heavy (non-hydrogen) atoms. The molecule has 0 saturated heterocycles. The number of carbonyl (C=O) groups excluding carboxylic acids is 1. The molecule has 1 unspecified atom stereocenters. The molecule has 1 aromatic heterocycles. The van der Waals surface area contributed by atoms with Crippen LogP contribution < -0.4 is 14.8 Å². The highest BCUT2D eigenvalue weighted by molar-refractivity contribution is 7.99. The lowest BCUT2D eigenvalue weighted by Gasteiger charge is -2.26. The third kappa shape index (κ3) is 4.40. The van der Waals surface area contributed by atoms with Crippen LogP contribution in [0.2, 0.25) is 5.02 Å². The highest BCUT2D eigenvalue weighted by Crippen LogP contribution is 2.30. The summed E-state index contributed by atoms with van der Waals surface area (Å²) in [5.74, 6) is 1.51. The fourth-order valence-electron chi connectivity index (χ4n) is 2.70. The van der Waals surface area contributed by atoms with Crippen molar-refractivity contribution in [1.82, 2.24) is 20.1 Å². The van der Waals surface area contributed by atoms with E-state index < -0.39 is 0 Å². The molecule has 0 bridgehead atoms. The minimum Gasteiger partial charge on any atom is -0.486 e. The number of para-hydroxylation sites is 2. The largest absolute Gasteiger partial charge is 0.486 e. The zero-order valence-corrected chi connectivity index (χ0v) is 16.3. The van der Waals surface area contributed by atoms with Gasteiger partial charge in [0.05, 0.1) is 18.0 Å². The van der Waals surface area contributed by atoms with Gasteiger partial charge >= 0.3 is 0 Å². The number of amides is 1. The van der Waals surface area contributed by atoms with Crippen molar-refractivity contribution >= 4 is 29.3 Å². The number of benzene rings is 2. The number of fused-ring (bicyclic) bond motifs is 1. The zero-order chi connectivity index (χ0) is 19.3. The van der Waals surface area contributed by atoms with Gasteiger partial charge in [0.1, 0.15) is 19.0 Å². The molecule has 7 nitrogen and oxygen atoms in total. The van der Waals surface area contributed by atoms with E-state index >= 15 is 0 Å². The van der Waals surface area contributed by atoms with Gasteiger partial charge in [0.25, 0.3) is 0 Å². The fraction of sp³-hybridized carbons (Fsp3) is 0.211. The third-order valence-corrected chi connectivity index (χ3v) is 5.21. The monoisotopic (exact) mass is 416 g/mol. The molecule has 1 aliphatic rings. The summed E-state index contributed by atoms with van der Waals surface area (Å²) in [7, 11) is 0. The molecule has 144 valence electrons. The van der Waals surface area contributed by atoms with Gasteiger partial charge in [-0.25, -0.2) is 0 Å². The Balaban J connectivity index is 1.29. The van der Waals surface area contributed by atoms with E-state index in [9.17, 15) is 4.79 Å². The van der Waals surface area contributed by atoms with Gasteiger partial charge in [0, 0.05) is 5.02 Å². The molecule has 1 aliphatic heterocycles. The number of hydrogen-bond acceptors (Lipinski definition) is 6. The summed E-state index contributed by atoms with van der Waals surface area (Å²) >= 11 is 7.34. The highest BCUT2D eigenvalue weighted by Gasteiger charge is 2.21. The number of thioether (sulfide) groups is 1. The lowest BCUT2D eigenvalue weighted by Crippen LogP contribution is -2.41. The molecule has 3 aromatic rings. The molecular weight excluding hydrogens is 400 g/mol. The normalized spacial score (nSPS) is 15.2. The molecule has 9 heteroatoms. The average molecular weight is 417 g/mol. The van der Waals surface area contributed by atoms with Crippen molar-refractivity contribution in [2.45, 2.75) is 11.3 Å². The molecule has 1 N–H and O–H groups in total. The first kappa shape index (κ1) is 18.6. The van der Waals surface area contributed by atoms with Crippen LogP contribution in [0.5, 0.6) is 11.5 Å². The number of halogens is 1. The summed E-state index contributed by atoms with van der Waals surface area (Å²) in [6, 6.07) is 14.8. The summed E-state index contributed by atoms with van der Waals surface area (Å²) in [6.45, 7) is 0.766. The number of rotatable bonds is 6. The maximum Gasteiger partial charge on any atom is 0.230 e. The van der Waals surface area contributed by atoms with Gasteiger partial charge in [-0.3, -0.25) is 9.36 Å². The SMILES string of the molecule is O=C(CSc1nncn1-c1cccc(Cl)c1)NCC1COc2ccccc2O1. The zero-order valence-electron chi connectivity index (χ0n) is 14.7. The van der Waals surface area contributed by atoms with Crippen LogP contribution in [0.25, 0.3) is 5.69 Å². The minimum atomic E-state index is -0.223. The van der Waals surface area contributed by atoms with Crippen molar-refractivity contribution in [3.63, 3.8) is 0 Å². The Kier molecular flexibility index (Phi) is 5.68. The van der Waals surface area contributed by atoms with Crippen LogP contribution in [-0.2, 0) is 4.79 Å². The first-order valence-corrected chi connectivity index (χ1v) is 9.99. The van der Waals surface area contributed by atoms with Crippen LogP contribution in [0.15, 0.2) is 60.0 Å². The number of carbonyl (C=O) groups is 1. The Morgan fingerprint density at radius 3 is 2.96 bits per heavy atom. The van der Waals surface area contributed by atoms with E-state index in [-0.39, 0.29) is 17.8 Å². The summed E-state index contributed by atoms with van der Waals surface area (Å²) in [6.07, 6.45) is 1.37. The van der Waals surface area contributed by atoms with Crippen LogP contribution in [0.4, 0.5) is 0 Å². The number of nitrogens with one attached hydrogen (secondary N) is 1. The smallest absolute Gasteiger partial charge is 0.230 e. The Morgan fingerprint density at radius 2 is 2.11 bits per heavy atom. The first-order valence-electron chi connectivity index (χ1n) is 8.63. The Hall–Kier alpha value is -2.71. The van der Waals surface area contributed by atoms with E-state index in [4.69, 9.17) is 21.1 Å². The van der Waals surface area contributed by atoms with E-state index in [0.717, 1.165) is 11.4 Å². The molecular formula is C19H17ClN4O3S. The standard InChI is InChI=1S/C19H17ClN4O3S/c20-13-4-3-5-14(8-13)24-12-22-23-19(24)28-11-18(25)21-9-15-10-26-16-6-1-2-7-17(16)27-15/h1-8,12,15H,9-11H2,(H,21,25). The lowest BCUT2D eigenvalue weighted by molar-refractivity contribution is -0.119. The first-order chi connectivity index (χ1) is 13.7. The van der Waals surface area contributed by atoms with Crippen molar-refractivity contribution < 1.29 is 14.3 Å². The number of nitrogens with zero attached hydrogens (tertiary/aromatic N) is 3. The summed E-state index contributed by atoms with van der Waals surface area (Å²) in [5.41, 5.74) is 0.840. The molecule has 4 rings (SSSR count). The average Bonchev–Trinajstić information content (AvgIpc) is 3.19. The van der Waals surface area contributed by atoms with E-state index in [1.807, 2.05) is 42.5 Å². The predicted octanol–water partition coefficient (Wildman–Crippen LogP) is 2.97. The highest BCUT2D eigenvalue weighted by atomic mass is 35.5. The van der Waals surface area contributed by atoms with E-state index in [1.54, 1.807) is 17.0 Å². The summed E-state index contributed by atoms with van der Waals surface area (Å²) in [4.78, 5) is 12.2. The maximum atomic E-state index is 12.2. The van der Waals surface area contributed by atoms with Gasteiger partial charge < -0.3 is 14.8 Å². The number of ether oxygens (including phenoxy) is 2. The topological polar surface area (TPSA) is 78.3 Å². The van der Waals surface area contributed by atoms with Crippen LogP contribution in [-0.4, -0.2) is 45.7 Å². The molecule has 2 heterocycles. The number of hydrogen-bond donors (Lipinski definition) is 1. The Bertz CT molecular complexity index is 981. The second-order valence-corrected chi connectivity index (χ2v) is 7.43. The van der Waals surface area contributed by atoms with E-state index in [0.29, 0.717) is 29.1 Å². The fourth-order valence-corrected chi connectivity index (χ4v) is 3.64. The van der Waals surface area contributed by atoms with Gasteiger partial charge in [0.15, 0.2) is 16.7 Å². The van der Waals surface area contributed by atoms with Gasteiger partial charge in [-0.1, -0.05) is 41.6 Å². The molecule has 0 radical (unpaired) electrons. The van der Waals surface area contributed by atoms with Crippen molar-refractivity contribution in [3.05, 3.63) is 59.9 Å². The minimum absolute atomic E-state index is 0.117. The molecule has 0 aliphatic carbocycles. The van der Waals surface area contributed by atoms with Crippen LogP contribution >= 0.6 is 23.4 Å². The van der Waals surface area contributed by atoms with Crippen LogP contribution in [0.1, 0.15) is 0 Å². The number of aromatic nitrogens is 3. The quantitative estimate of drug-likeness (QED) is 0.622. The molecule has 0 fully saturated rings. The van der Waals surface area contributed by atoms with Crippen molar-refractivity contribution in [2.75, 3.05) is 18.9 Å². The summed E-state index contributed by atoms with van der Waals surface area (Å²) in [5, 5.41) is 12.1. The molecule has 0 spiro atoms. The summed E-state index contributed by atoms with van der Waals surface area (Å²) < 4.78 is 13.3. The van der Waals surface area contributed by atoms with Gasteiger partial charge in [-0.15, -0.1) is 10.2 Å². The maximum absolute atomic E-state index is 12.2.